The van der Waals surface area contributed by atoms with Crippen LogP contribution in [0.1, 0.15) is 0 Å². The molecule has 0 aliphatic rings. The van der Waals surface area contributed by atoms with Crippen molar-refractivity contribution < 1.29 is 4.74 Å². The zero-order valence-corrected chi connectivity index (χ0v) is 5.37. The summed E-state index contributed by atoms with van der Waals surface area (Å²) in [5, 5.41) is 0. The number of hydrogen-bond donors (Lipinski definition) is 0. The minimum atomic E-state index is -0.336. The van der Waals surface area contributed by atoms with E-state index in [1.54, 1.807) is 7.11 Å². The molecule has 5 heavy (non-hydrogen) atoms. The summed E-state index contributed by atoms with van der Waals surface area (Å²) in [4.78, 5) is 0. The van der Waals surface area contributed by atoms with Gasteiger partial charge in [0.2, 0.25) is 0 Å². The fraction of sp³-hybridized carbons (Fsp3) is 1.00. The minimum absolute atomic E-state index is 0.336. The third-order valence-electron chi connectivity index (χ3n) is 0.281. The standard InChI is InChI=1S/C2H5O.ClH.Mg/c1-3-2;;/h1H2,2H3;1H;/q;;+1/p-1. The van der Waals surface area contributed by atoms with Gasteiger partial charge in [0.25, 0.3) is 0 Å². The molecule has 0 bridgehead atoms. The highest BCUT2D eigenvalue weighted by Gasteiger charge is 1.81. The summed E-state index contributed by atoms with van der Waals surface area (Å²) in [6.45, 7) is 0. The highest BCUT2D eigenvalue weighted by Crippen LogP contribution is 1.65. The second-order valence-corrected chi connectivity index (χ2v) is 2.60. The normalized spacial score (nSPS) is 6.80. The molecule has 28 valence electrons. The third kappa shape index (κ3) is 5.02. The van der Waals surface area contributed by atoms with Gasteiger partial charge in [-0.1, -0.05) is 0 Å². The van der Waals surface area contributed by atoms with Gasteiger partial charge in [-0.2, -0.15) is 0 Å². The van der Waals surface area contributed by atoms with E-state index in [0.29, 0.717) is 0 Å². The SMILES string of the molecule is CO[CH2][Mg][Cl]. The van der Waals surface area contributed by atoms with Gasteiger partial charge >= 0.3 is 19.3 Å². The first kappa shape index (κ1) is 6.02. The van der Waals surface area contributed by atoms with E-state index in [1.807, 2.05) is 0 Å². The van der Waals surface area contributed by atoms with Gasteiger partial charge in [0.05, 0.1) is 0 Å². The van der Waals surface area contributed by atoms with Crippen molar-refractivity contribution in [2.75, 3.05) is 11.8 Å². The third-order valence-corrected chi connectivity index (χ3v) is 1.31. The maximum absolute atomic E-state index is 5.32. The van der Waals surface area contributed by atoms with Gasteiger partial charge in [-0.05, 0) is 4.74 Å². The van der Waals surface area contributed by atoms with E-state index in [-0.39, 0.29) is 19.3 Å². The number of halogens is 1. The zero-order chi connectivity index (χ0) is 4.12. The average Bonchev–Trinajstić information content (AvgIpc) is 1.41. The van der Waals surface area contributed by atoms with Gasteiger partial charge in [0, 0.05) is 7.11 Å². The lowest BCUT2D eigenvalue weighted by molar-refractivity contribution is 0.253. The Morgan fingerprint density at radius 3 is 2.60 bits per heavy atom. The van der Waals surface area contributed by atoms with Gasteiger partial charge in [0.1, 0.15) is 0 Å². The summed E-state index contributed by atoms with van der Waals surface area (Å²) in [7, 11) is 6.98. The Balaban J connectivity index is 2.19. The zero-order valence-electron chi connectivity index (χ0n) is 3.20. The fourth-order valence-corrected chi connectivity index (χ4v) is 0.694. The average molecular weight is 105 g/mol. The quantitative estimate of drug-likeness (QED) is 0.463. The Bertz CT molecular complexity index is 17.1. The Hall–Kier alpha value is 1.02. The lowest BCUT2D eigenvalue weighted by atomic mass is 11.5. The topological polar surface area (TPSA) is 9.23 Å². The molecule has 0 amide bonds. The maximum Gasteiger partial charge on any atom is 0.532 e. The van der Waals surface area contributed by atoms with E-state index in [1.165, 1.54) is 0 Å². The van der Waals surface area contributed by atoms with Crippen molar-refractivity contribution in [2.45, 2.75) is 0 Å². The lowest BCUT2D eigenvalue weighted by Gasteiger charge is -1.80. The summed E-state index contributed by atoms with van der Waals surface area (Å²) < 4.78 is 5.41. The molecule has 0 fully saturated rings. The predicted octanol–water partition coefficient (Wildman–Crippen LogP) is 0.448. The second-order valence-electron chi connectivity index (χ2n) is 0.682. The van der Waals surface area contributed by atoms with E-state index in [4.69, 9.17) is 9.07 Å². The Morgan fingerprint density at radius 2 is 2.60 bits per heavy atom. The largest absolute Gasteiger partial charge is 0.532 e. The molecule has 1 nitrogen and oxygen atoms in total. The molecule has 0 aliphatic heterocycles. The van der Waals surface area contributed by atoms with Gasteiger partial charge < -0.3 is 13.8 Å². The van der Waals surface area contributed by atoms with E-state index in [9.17, 15) is 0 Å². The molecule has 3 heteroatoms. The first-order valence-electron chi connectivity index (χ1n) is 1.46. The predicted molar refractivity (Wildman–Crippen MR) is 23.5 cm³/mol. The van der Waals surface area contributed by atoms with Crippen molar-refractivity contribution in [1.82, 2.24) is 0 Å². The molecule has 0 saturated carbocycles. The number of rotatable bonds is 2. The lowest BCUT2D eigenvalue weighted by Crippen LogP contribution is -1.90. The van der Waals surface area contributed by atoms with Crippen LogP contribution in [0.5, 0.6) is 0 Å². The first-order valence-corrected chi connectivity index (χ1v) is 4.60. The second kappa shape index (κ2) is 5.02. The summed E-state index contributed by atoms with van der Waals surface area (Å²) in [6.07, 6.45) is 0. The fourth-order valence-electron chi connectivity index (χ4n) is 0.0772. The molecule has 0 unspecified atom stereocenters. The number of hydrogen-bond acceptors (Lipinski definition) is 1. The molecule has 0 aromatic heterocycles. The van der Waals surface area contributed by atoms with Crippen molar-refractivity contribution in [3.63, 3.8) is 0 Å². The smallest absolute Gasteiger partial charge is 0.410 e. The van der Waals surface area contributed by atoms with Crippen LogP contribution in [0, 0.1) is 0 Å². The van der Waals surface area contributed by atoms with Crippen LogP contribution in [0.3, 0.4) is 0 Å². The van der Waals surface area contributed by atoms with Crippen molar-refractivity contribution in [3.05, 3.63) is 0 Å². The van der Waals surface area contributed by atoms with Crippen LogP contribution in [-0.2, 0) is 4.74 Å². The van der Waals surface area contributed by atoms with E-state index in [0.717, 1.165) is 4.74 Å². The Kier molecular flexibility index (Phi) is 6.04. The van der Waals surface area contributed by atoms with Gasteiger partial charge in [-0.25, -0.2) is 0 Å². The molecule has 0 aromatic carbocycles. The van der Waals surface area contributed by atoms with Gasteiger partial charge in [0.15, 0.2) is 0 Å². The molecule has 0 aliphatic carbocycles. The van der Waals surface area contributed by atoms with Crippen LogP contribution < -0.4 is 0 Å². The first-order chi connectivity index (χ1) is 2.41. The van der Waals surface area contributed by atoms with Crippen LogP contribution in [0.15, 0.2) is 0 Å². The molecule has 0 heterocycles. The molecule has 0 spiro atoms. The molecule has 0 N–H and O–H groups in total. The van der Waals surface area contributed by atoms with E-state index in [2.05, 4.69) is 4.74 Å². The van der Waals surface area contributed by atoms with Crippen LogP contribution in [0.4, 0.5) is 0 Å². The summed E-state index contributed by atoms with van der Waals surface area (Å²) in [6, 6.07) is 0. The van der Waals surface area contributed by atoms with Crippen LogP contribution in [0.2, 0.25) is 0 Å². The van der Waals surface area contributed by atoms with Crippen molar-refractivity contribution in [1.29, 1.82) is 0 Å². The Morgan fingerprint density at radius 1 is 2.00 bits per heavy atom. The molecule has 0 atom stereocenters. The van der Waals surface area contributed by atoms with Gasteiger partial charge in [-0.15, -0.1) is 0 Å². The maximum atomic E-state index is 5.32. The van der Waals surface area contributed by atoms with Crippen LogP contribution in [0.25, 0.3) is 0 Å². The highest BCUT2D eigenvalue weighted by molar-refractivity contribution is 6.93. The highest BCUT2D eigenvalue weighted by atomic mass is 35.5. The van der Waals surface area contributed by atoms with E-state index >= 15 is 0 Å². The van der Waals surface area contributed by atoms with Crippen LogP contribution in [-0.4, -0.2) is 31.1 Å². The number of ether oxygens (including phenoxy) is 1. The molecule has 0 rings (SSSR count). The molecule has 0 saturated heterocycles. The van der Waals surface area contributed by atoms with Crippen molar-refractivity contribution >= 4 is 28.3 Å². The minimum Gasteiger partial charge on any atom is -0.410 e. The summed E-state index contributed by atoms with van der Waals surface area (Å²) >= 11 is -0.336. The molecular formula is C2H5ClMgO. The molecule has 0 radical (unpaired) electrons. The molecule has 0 aromatic rings. The van der Waals surface area contributed by atoms with E-state index < -0.39 is 0 Å². The Labute approximate surface area is 45.1 Å². The summed E-state index contributed by atoms with van der Waals surface area (Å²) in [5.41, 5.74) is 0. The van der Waals surface area contributed by atoms with Crippen LogP contribution >= 0.6 is 9.07 Å². The summed E-state index contributed by atoms with van der Waals surface area (Å²) in [5.74, 6) is 0. The van der Waals surface area contributed by atoms with Crippen molar-refractivity contribution in [2.24, 2.45) is 0 Å². The molecular weight excluding hydrogens is 99.8 g/mol. The van der Waals surface area contributed by atoms with Gasteiger partial charge in [-0.3, -0.25) is 0 Å². The number of methoxy groups -OCH3 is 1. The van der Waals surface area contributed by atoms with Crippen molar-refractivity contribution in [3.8, 4) is 0 Å². The monoisotopic (exact) mass is 104 g/mol.